The lowest BCUT2D eigenvalue weighted by molar-refractivity contribution is -0.131. The van der Waals surface area contributed by atoms with Gasteiger partial charge in [0.1, 0.15) is 18.1 Å². The van der Waals surface area contributed by atoms with Crippen molar-refractivity contribution in [1.29, 1.82) is 0 Å². The molecule has 154 valence electrons. The largest absolute Gasteiger partial charge is 0.462 e. The van der Waals surface area contributed by atoms with Crippen molar-refractivity contribution < 1.29 is 19.1 Å². The van der Waals surface area contributed by atoms with Gasteiger partial charge in [0.2, 0.25) is 11.8 Å². The molecule has 28 heavy (non-hydrogen) atoms. The molecule has 3 aliphatic heterocycles. The summed E-state index contributed by atoms with van der Waals surface area (Å²) in [6.07, 6.45) is 4.33. The molecule has 0 bridgehead atoms. The van der Waals surface area contributed by atoms with Crippen molar-refractivity contribution in [3.8, 4) is 0 Å². The second-order valence-corrected chi connectivity index (χ2v) is 8.08. The van der Waals surface area contributed by atoms with Crippen LogP contribution in [0.25, 0.3) is 0 Å². The maximum atomic E-state index is 12.4. The SMILES string of the molecule is O=C1NC[C@@H](CCC(=O)N2CCCC2)N2C[C@@H](NCc3ccc(CO)o3)C[C@@H]12. The van der Waals surface area contributed by atoms with Crippen molar-refractivity contribution in [3.63, 3.8) is 0 Å². The van der Waals surface area contributed by atoms with Crippen molar-refractivity contribution in [3.05, 3.63) is 23.7 Å². The highest BCUT2D eigenvalue weighted by molar-refractivity contribution is 5.83. The maximum absolute atomic E-state index is 12.4. The monoisotopic (exact) mass is 390 g/mol. The maximum Gasteiger partial charge on any atom is 0.237 e. The van der Waals surface area contributed by atoms with E-state index < -0.39 is 0 Å². The average Bonchev–Trinajstić information content (AvgIpc) is 3.46. The van der Waals surface area contributed by atoms with Crippen molar-refractivity contribution in [1.82, 2.24) is 20.4 Å². The van der Waals surface area contributed by atoms with Gasteiger partial charge in [-0.2, -0.15) is 0 Å². The summed E-state index contributed by atoms with van der Waals surface area (Å²) in [5.74, 6) is 1.68. The first kappa shape index (κ1) is 19.4. The number of carbonyl (C=O) groups is 2. The summed E-state index contributed by atoms with van der Waals surface area (Å²) < 4.78 is 5.52. The van der Waals surface area contributed by atoms with Crippen LogP contribution in [-0.4, -0.2) is 71.0 Å². The number of hydrogen-bond acceptors (Lipinski definition) is 6. The quantitative estimate of drug-likeness (QED) is 0.616. The third kappa shape index (κ3) is 4.24. The van der Waals surface area contributed by atoms with Crippen LogP contribution in [0, 0.1) is 0 Å². The Morgan fingerprint density at radius 3 is 2.82 bits per heavy atom. The van der Waals surface area contributed by atoms with Crippen LogP contribution in [0.2, 0.25) is 0 Å². The third-order valence-electron chi connectivity index (χ3n) is 6.21. The van der Waals surface area contributed by atoms with E-state index in [-0.39, 0.29) is 36.5 Å². The fraction of sp³-hybridized carbons (Fsp3) is 0.700. The summed E-state index contributed by atoms with van der Waals surface area (Å²) in [6.45, 7) is 3.68. The van der Waals surface area contributed by atoms with Gasteiger partial charge in [-0.05, 0) is 37.8 Å². The highest BCUT2D eigenvalue weighted by Crippen LogP contribution is 2.26. The first-order valence-corrected chi connectivity index (χ1v) is 10.4. The van der Waals surface area contributed by atoms with Crippen LogP contribution in [0.15, 0.2) is 16.5 Å². The Balaban J connectivity index is 1.30. The molecule has 3 saturated heterocycles. The van der Waals surface area contributed by atoms with Gasteiger partial charge in [0.25, 0.3) is 0 Å². The summed E-state index contributed by atoms with van der Waals surface area (Å²) in [6, 6.07) is 3.93. The molecular weight excluding hydrogens is 360 g/mol. The van der Waals surface area contributed by atoms with Gasteiger partial charge in [-0.3, -0.25) is 14.5 Å². The second kappa shape index (κ2) is 8.63. The minimum Gasteiger partial charge on any atom is -0.462 e. The molecule has 0 saturated carbocycles. The summed E-state index contributed by atoms with van der Waals surface area (Å²) in [5.41, 5.74) is 0. The zero-order valence-corrected chi connectivity index (χ0v) is 16.2. The molecule has 3 aliphatic rings. The van der Waals surface area contributed by atoms with Crippen LogP contribution < -0.4 is 10.6 Å². The van der Waals surface area contributed by atoms with Gasteiger partial charge < -0.3 is 25.1 Å². The van der Waals surface area contributed by atoms with Gasteiger partial charge in [-0.25, -0.2) is 0 Å². The predicted octanol–water partition coefficient (Wildman–Crippen LogP) is 0.205. The van der Waals surface area contributed by atoms with E-state index in [9.17, 15) is 9.59 Å². The summed E-state index contributed by atoms with van der Waals surface area (Å²) >= 11 is 0. The Kier molecular flexibility index (Phi) is 5.99. The molecule has 0 aliphatic carbocycles. The molecule has 8 nitrogen and oxygen atoms in total. The lowest BCUT2D eigenvalue weighted by atomic mass is 10.0. The summed E-state index contributed by atoms with van der Waals surface area (Å²) in [4.78, 5) is 28.9. The Morgan fingerprint density at radius 2 is 2.07 bits per heavy atom. The fourth-order valence-corrected chi connectivity index (χ4v) is 4.65. The second-order valence-electron chi connectivity index (χ2n) is 8.08. The van der Waals surface area contributed by atoms with E-state index in [0.29, 0.717) is 25.3 Å². The molecule has 1 aromatic rings. The van der Waals surface area contributed by atoms with E-state index in [1.807, 2.05) is 11.0 Å². The minimum absolute atomic E-state index is 0.0898. The van der Waals surface area contributed by atoms with Crippen LogP contribution in [-0.2, 0) is 22.7 Å². The smallest absolute Gasteiger partial charge is 0.237 e. The standard InChI is InChI=1S/C20H30N4O4/c25-13-17-5-4-16(28-17)11-21-14-9-18-20(27)22-10-15(24(18)12-14)3-6-19(26)23-7-1-2-8-23/h4-5,14-15,18,21,25H,1-3,6-13H2,(H,22,27)/t14-,15+,18-/m0/s1. The van der Waals surface area contributed by atoms with Crippen molar-refractivity contribution in [2.75, 3.05) is 26.2 Å². The number of nitrogens with zero attached hydrogens (tertiary/aromatic N) is 2. The van der Waals surface area contributed by atoms with Crippen molar-refractivity contribution in [2.45, 2.75) is 63.4 Å². The number of aliphatic hydroxyl groups excluding tert-OH is 1. The number of amides is 2. The predicted molar refractivity (Wildman–Crippen MR) is 102 cm³/mol. The zero-order chi connectivity index (χ0) is 19.5. The van der Waals surface area contributed by atoms with Gasteiger partial charge in [-0.1, -0.05) is 0 Å². The van der Waals surface area contributed by atoms with Crippen LogP contribution in [0.1, 0.15) is 43.6 Å². The molecule has 0 unspecified atom stereocenters. The molecule has 3 fully saturated rings. The normalized spacial score (nSPS) is 27.8. The molecular formula is C20H30N4O4. The van der Waals surface area contributed by atoms with E-state index in [1.54, 1.807) is 6.07 Å². The average molecular weight is 390 g/mol. The summed E-state index contributed by atoms with van der Waals surface area (Å²) in [7, 11) is 0. The number of nitrogens with one attached hydrogen (secondary N) is 2. The number of likely N-dealkylation sites (tertiary alicyclic amines) is 1. The molecule has 4 heterocycles. The van der Waals surface area contributed by atoms with E-state index in [2.05, 4.69) is 15.5 Å². The number of fused-ring (bicyclic) bond motifs is 1. The topological polar surface area (TPSA) is 98.1 Å². The van der Waals surface area contributed by atoms with E-state index >= 15 is 0 Å². The summed E-state index contributed by atoms with van der Waals surface area (Å²) in [5, 5.41) is 15.6. The van der Waals surface area contributed by atoms with Crippen LogP contribution in [0.5, 0.6) is 0 Å². The number of furan rings is 1. The lowest BCUT2D eigenvalue weighted by Crippen LogP contribution is -2.58. The van der Waals surface area contributed by atoms with E-state index in [4.69, 9.17) is 9.52 Å². The fourth-order valence-electron chi connectivity index (χ4n) is 4.65. The van der Waals surface area contributed by atoms with Crippen LogP contribution in [0.4, 0.5) is 0 Å². The number of piperazine rings is 1. The van der Waals surface area contributed by atoms with Gasteiger partial charge in [-0.15, -0.1) is 0 Å². The van der Waals surface area contributed by atoms with Gasteiger partial charge in [0, 0.05) is 44.7 Å². The molecule has 0 aromatic carbocycles. The molecule has 4 rings (SSSR count). The van der Waals surface area contributed by atoms with Crippen molar-refractivity contribution >= 4 is 11.8 Å². The Bertz CT molecular complexity index is 700. The van der Waals surface area contributed by atoms with Gasteiger partial charge in [0.15, 0.2) is 0 Å². The molecule has 2 amide bonds. The Morgan fingerprint density at radius 1 is 1.29 bits per heavy atom. The molecule has 0 radical (unpaired) electrons. The Labute approximate surface area is 165 Å². The highest BCUT2D eigenvalue weighted by atomic mass is 16.4. The first-order chi connectivity index (χ1) is 13.6. The van der Waals surface area contributed by atoms with Gasteiger partial charge >= 0.3 is 0 Å². The first-order valence-electron chi connectivity index (χ1n) is 10.4. The molecule has 3 N–H and O–H groups in total. The lowest BCUT2D eigenvalue weighted by Gasteiger charge is -2.37. The highest BCUT2D eigenvalue weighted by Gasteiger charge is 2.43. The van der Waals surface area contributed by atoms with E-state index in [0.717, 1.165) is 51.1 Å². The third-order valence-corrected chi connectivity index (χ3v) is 6.21. The number of carbonyl (C=O) groups excluding carboxylic acids is 2. The molecule has 0 spiro atoms. The molecule has 1 aromatic heterocycles. The zero-order valence-electron chi connectivity index (χ0n) is 16.2. The Hall–Kier alpha value is -1.90. The van der Waals surface area contributed by atoms with Crippen LogP contribution in [0.3, 0.4) is 0 Å². The van der Waals surface area contributed by atoms with Crippen LogP contribution >= 0.6 is 0 Å². The number of hydrogen-bond donors (Lipinski definition) is 3. The molecule has 8 heteroatoms. The molecule has 3 atom stereocenters. The number of aliphatic hydroxyl groups is 1. The van der Waals surface area contributed by atoms with E-state index in [1.165, 1.54) is 0 Å². The van der Waals surface area contributed by atoms with Gasteiger partial charge in [0.05, 0.1) is 12.6 Å². The number of rotatable bonds is 7. The van der Waals surface area contributed by atoms with Crippen molar-refractivity contribution in [2.24, 2.45) is 0 Å². The minimum atomic E-state index is -0.122.